The first kappa shape index (κ1) is 19.5. The zero-order chi connectivity index (χ0) is 18.8. The minimum absolute atomic E-state index is 0.00176. The van der Waals surface area contributed by atoms with E-state index in [0.29, 0.717) is 17.7 Å². The molecule has 0 bridgehead atoms. The molecule has 0 aliphatic heterocycles. The van der Waals surface area contributed by atoms with Gasteiger partial charge < -0.3 is 10.4 Å². The third kappa shape index (κ3) is 6.61. The van der Waals surface area contributed by atoms with Crippen molar-refractivity contribution in [2.24, 2.45) is 0 Å². The number of amides is 1. The average molecular weight is 368 g/mol. The van der Waals surface area contributed by atoms with Crippen LogP contribution in [0, 0.1) is 11.3 Å². The van der Waals surface area contributed by atoms with Crippen molar-refractivity contribution in [3.8, 4) is 6.07 Å². The van der Waals surface area contributed by atoms with E-state index in [1.807, 2.05) is 42.5 Å². The van der Waals surface area contributed by atoms with Crippen LogP contribution in [0.2, 0.25) is 0 Å². The summed E-state index contributed by atoms with van der Waals surface area (Å²) < 4.78 is 0. The highest BCUT2D eigenvalue weighted by atomic mass is 32.2. The van der Waals surface area contributed by atoms with Crippen LogP contribution >= 0.6 is 11.8 Å². The van der Waals surface area contributed by atoms with Gasteiger partial charge in [-0.1, -0.05) is 42.5 Å². The van der Waals surface area contributed by atoms with Crippen molar-refractivity contribution in [2.45, 2.75) is 24.6 Å². The molecular formula is C20H20N2O3S. The first-order valence-electron chi connectivity index (χ1n) is 8.21. The van der Waals surface area contributed by atoms with Crippen molar-refractivity contribution in [2.75, 3.05) is 5.75 Å². The van der Waals surface area contributed by atoms with Crippen molar-refractivity contribution < 1.29 is 14.7 Å². The van der Waals surface area contributed by atoms with Gasteiger partial charge in [-0.05, 0) is 29.7 Å². The van der Waals surface area contributed by atoms with E-state index in [1.54, 1.807) is 12.1 Å². The summed E-state index contributed by atoms with van der Waals surface area (Å²) in [5.41, 5.74) is 2.56. The average Bonchev–Trinajstić information content (AvgIpc) is 2.66. The quantitative estimate of drug-likeness (QED) is 0.707. The van der Waals surface area contributed by atoms with Gasteiger partial charge in [0.2, 0.25) is 5.91 Å². The summed E-state index contributed by atoms with van der Waals surface area (Å²) in [6, 6.07) is 18.4. The lowest BCUT2D eigenvalue weighted by molar-refractivity contribution is -0.137. The second kappa shape index (κ2) is 10.3. The number of nitriles is 1. The fourth-order valence-corrected chi connectivity index (χ4v) is 3.25. The molecule has 0 heterocycles. The van der Waals surface area contributed by atoms with Crippen LogP contribution in [0.4, 0.5) is 0 Å². The number of benzene rings is 2. The zero-order valence-corrected chi connectivity index (χ0v) is 15.0. The Morgan fingerprint density at radius 3 is 2.42 bits per heavy atom. The molecule has 0 saturated carbocycles. The molecule has 1 unspecified atom stereocenters. The van der Waals surface area contributed by atoms with Crippen LogP contribution in [0.1, 0.15) is 35.6 Å². The fraction of sp³-hybridized carbons (Fsp3) is 0.250. The maximum Gasteiger partial charge on any atom is 0.303 e. The number of hydrogen-bond acceptors (Lipinski definition) is 4. The molecule has 0 saturated heterocycles. The van der Waals surface area contributed by atoms with Gasteiger partial charge in [0.25, 0.3) is 0 Å². The summed E-state index contributed by atoms with van der Waals surface area (Å²) in [7, 11) is 0. The molecule has 26 heavy (non-hydrogen) atoms. The van der Waals surface area contributed by atoms with Crippen molar-refractivity contribution in [1.82, 2.24) is 5.32 Å². The number of carboxylic acid groups (broad SMARTS) is 1. The highest BCUT2D eigenvalue weighted by Crippen LogP contribution is 2.19. The van der Waals surface area contributed by atoms with Crippen LogP contribution in [0.25, 0.3) is 0 Å². The van der Waals surface area contributed by atoms with Crippen molar-refractivity contribution in [3.63, 3.8) is 0 Å². The summed E-state index contributed by atoms with van der Waals surface area (Å²) in [6.45, 7) is 0. The van der Waals surface area contributed by atoms with Crippen LogP contribution < -0.4 is 5.32 Å². The number of nitrogens with one attached hydrogen (secondary N) is 1. The minimum Gasteiger partial charge on any atom is -0.481 e. The summed E-state index contributed by atoms with van der Waals surface area (Å²) in [4.78, 5) is 23.1. The fourth-order valence-electron chi connectivity index (χ4n) is 2.45. The highest BCUT2D eigenvalue weighted by Gasteiger charge is 2.15. The summed E-state index contributed by atoms with van der Waals surface area (Å²) >= 11 is 1.48. The Balaban J connectivity index is 1.85. The third-order valence-corrected chi connectivity index (χ3v) is 4.77. The van der Waals surface area contributed by atoms with E-state index in [1.165, 1.54) is 11.8 Å². The topological polar surface area (TPSA) is 90.2 Å². The molecule has 0 spiro atoms. The van der Waals surface area contributed by atoms with Gasteiger partial charge in [0.1, 0.15) is 0 Å². The van der Waals surface area contributed by atoms with Gasteiger partial charge in [-0.15, -0.1) is 11.8 Å². The van der Waals surface area contributed by atoms with E-state index in [9.17, 15) is 9.59 Å². The SMILES string of the molecule is N#Cc1ccc(CSCC(=O)NC(CCC(=O)O)c2ccccc2)cc1. The Morgan fingerprint density at radius 1 is 1.12 bits per heavy atom. The second-order valence-corrected chi connectivity index (χ2v) is 6.75. The lowest BCUT2D eigenvalue weighted by Crippen LogP contribution is -2.30. The molecule has 5 nitrogen and oxygen atoms in total. The monoisotopic (exact) mass is 368 g/mol. The predicted octanol–water partition coefficient (Wildman–Crippen LogP) is 3.51. The van der Waals surface area contributed by atoms with Crippen LogP contribution in [0.3, 0.4) is 0 Å². The van der Waals surface area contributed by atoms with Crippen LogP contribution in [-0.4, -0.2) is 22.7 Å². The lowest BCUT2D eigenvalue weighted by Gasteiger charge is -2.18. The maximum absolute atomic E-state index is 12.2. The predicted molar refractivity (Wildman–Crippen MR) is 102 cm³/mol. The van der Waals surface area contributed by atoms with Gasteiger partial charge in [-0.25, -0.2) is 0 Å². The molecular weight excluding hydrogens is 348 g/mol. The van der Waals surface area contributed by atoms with E-state index in [2.05, 4.69) is 11.4 Å². The molecule has 0 aliphatic carbocycles. The number of thioether (sulfide) groups is 1. The Kier molecular flexibility index (Phi) is 7.72. The Hall–Kier alpha value is -2.78. The van der Waals surface area contributed by atoms with Gasteiger partial charge in [0, 0.05) is 12.2 Å². The van der Waals surface area contributed by atoms with Crippen molar-refractivity contribution in [3.05, 3.63) is 71.3 Å². The normalized spacial score (nSPS) is 11.3. The summed E-state index contributed by atoms with van der Waals surface area (Å²) in [5, 5.41) is 20.6. The molecule has 2 aromatic rings. The first-order chi connectivity index (χ1) is 12.6. The Morgan fingerprint density at radius 2 is 1.81 bits per heavy atom. The molecule has 1 atom stereocenters. The smallest absolute Gasteiger partial charge is 0.303 e. The molecule has 6 heteroatoms. The molecule has 1 amide bonds. The Bertz CT molecular complexity index is 770. The van der Waals surface area contributed by atoms with Crippen LogP contribution in [0.15, 0.2) is 54.6 Å². The van der Waals surface area contributed by atoms with E-state index >= 15 is 0 Å². The highest BCUT2D eigenvalue weighted by molar-refractivity contribution is 7.99. The van der Waals surface area contributed by atoms with E-state index in [-0.39, 0.29) is 24.1 Å². The minimum atomic E-state index is -0.879. The van der Waals surface area contributed by atoms with Gasteiger partial charge in [-0.2, -0.15) is 5.26 Å². The molecule has 0 radical (unpaired) electrons. The molecule has 0 aromatic heterocycles. The lowest BCUT2D eigenvalue weighted by atomic mass is 10.0. The van der Waals surface area contributed by atoms with Crippen molar-refractivity contribution in [1.29, 1.82) is 5.26 Å². The molecule has 2 aromatic carbocycles. The van der Waals surface area contributed by atoms with Crippen LogP contribution in [-0.2, 0) is 15.3 Å². The van der Waals surface area contributed by atoms with Crippen LogP contribution in [0.5, 0.6) is 0 Å². The second-order valence-electron chi connectivity index (χ2n) is 5.76. The zero-order valence-electron chi connectivity index (χ0n) is 14.2. The number of carbonyl (C=O) groups excluding carboxylic acids is 1. The number of aliphatic carboxylic acids is 1. The molecule has 0 aliphatic rings. The van der Waals surface area contributed by atoms with E-state index in [4.69, 9.17) is 10.4 Å². The number of nitrogens with zero attached hydrogens (tertiary/aromatic N) is 1. The number of rotatable bonds is 9. The number of carboxylic acids is 1. The standard InChI is InChI=1S/C20H20N2O3S/c21-12-15-6-8-16(9-7-15)13-26-14-19(23)22-18(10-11-20(24)25)17-4-2-1-3-5-17/h1-9,18H,10-11,13-14H2,(H,22,23)(H,24,25). The van der Waals surface area contributed by atoms with Gasteiger partial charge >= 0.3 is 5.97 Å². The van der Waals surface area contributed by atoms with E-state index < -0.39 is 5.97 Å². The van der Waals surface area contributed by atoms with Crippen molar-refractivity contribution >= 4 is 23.6 Å². The summed E-state index contributed by atoms with van der Waals surface area (Å²) in [5.74, 6) is -0.0426. The summed E-state index contributed by atoms with van der Waals surface area (Å²) in [6.07, 6.45) is 0.351. The number of hydrogen-bond donors (Lipinski definition) is 2. The largest absolute Gasteiger partial charge is 0.481 e. The molecule has 134 valence electrons. The maximum atomic E-state index is 12.2. The first-order valence-corrected chi connectivity index (χ1v) is 9.37. The molecule has 2 N–H and O–H groups in total. The third-order valence-electron chi connectivity index (χ3n) is 3.77. The number of carbonyl (C=O) groups is 2. The van der Waals surface area contributed by atoms with E-state index in [0.717, 1.165) is 11.1 Å². The Labute approximate surface area is 157 Å². The molecule has 2 rings (SSSR count). The van der Waals surface area contributed by atoms with Gasteiger partial charge in [-0.3, -0.25) is 9.59 Å². The molecule has 0 fully saturated rings. The van der Waals surface area contributed by atoms with Gasteiger partial charge in [0.05, 0.1) is 23.4 Å². The van der Waals surface area contributed by atoms with Gasteiger partial charge in [0.15, 0.2) is 0 Å².